The van der Waals surface area contributed by atoms with Crippen LogP contribution < -0.4 is 0 Å². The van der Waals surface area contributed by atoms with Gasteiger partial charge >= 0.3 is 5.97 Å². The van der Waals surface area contributed by atoms with Crippen molar-refractivity contribution >= 4 is 22.8 Å². The first-order valence-electron chi connectivity index (χ1n) is 7.02. The average molecular weight is 305 g/mol. The minimum atomic E-state index is -2.37. The van der Waals surface area contributed by atoms with Crippen molar-refractivity contribution in [2.75, 3.05) is 13.1 Å². The molecule has 1 aromatic heterocycles. The zero-order valence-electron chi connectivity index (χ0n) is 12.4. The van der Waals surface area contributed by atoms with Gasteiger partial charge in [0.15, 0.2) is 5.76 Å². The summed E-state index contributed by atoms with van der Waals surface area (Å²) in [4.78, 5) is 24.5. The predicted molar refractivity (Wildman–Crippen MR) is 77.7 cm³/mol. The van der Waals surface area contributed by atoms with E-state index in [4.69, 9.17) is 9.52 Å². The number of aryl methyl sites for hydroxylation is 2. The van der Waals surface area contributed by atoms with E-state index in [1.807, 2.05) is 26.0 Å². The highest BCUT2D eigenvalue weighted by molar-refractivity contribution is 5.97. The molecule has 1 N–H and O–H groups in total. The fourth-order valence-electron chi connectivity index (χ4n) is 2.68. The second kappa shape index (κ2) is 4.83. The highest BCUT2D eigenvalue weighted by Gasteiger charge is 2.47. The SMILES string of the molecule is Cc1cc2cc(C(=O)N3CCC(F)(C(=O)O)C3)oc2cc1C. The topological polar surface area (TPSA) is 70.8 Å². The van der Waals surface area contributed by atoms with Gasteiger partial charge in [0.1, 0.15) is 5.58 Å². The molecule has 0 aliphatic carbocycles. The van der Waals surface area contributed by atoms with E-state index < -0.39 is 24.1 Å². The molecule has 0 saturated carbocycles. The van der Waals surface area contributed by atoms with Gasteiger partial charge in [0.25, 0.3) is 5.91 Å². The summed E-state index contributed by atoms with van der Waals surface area (Å²) < 4.78 is 19.6. The molecule has 22 heavy (non-hydrogen) atoms. The van der Waals surface area contributed by atoms with Crippen molar-refractivity contribution in [1.29, 1.82) is 0 Å². The number of carboxylic acid groups (broad SMARTS) is 1. The van der Waals surface area contributed by atoms with E-state index in [-0.39, 0.29) is 18.7 Å². The summed E-state index contributed by atoms with van der Waals surface area (Å²) in [6.45, 7) is 3.53. The molecule has 1 aliphatic heterocycles. The summed E-state index contributed by atoms with van der Waals surface area (Å²) in [5, 5.41) is 9.68. The third-order valence-corrected chi connectivity index (χ3v) is 4.23. The van der Waals surface area contributed by atoms with Crippen molar-refractivity contribution in [3.63, 3.8) is 0 Å². The van der Waals surface area contributed by atoms with E-state index in [2.05, 4.69) is 0 Å². The van der Waals surface area contributed by atoms with Crippen LogP contribution in [-0.4, -0.2) is 40.6 Å². The van der Waals surface area contributed by atoms with Gasteiger partial charge in [-0.2, -0.15) is 0 Å². The van der Waals surface area contributed by atoms with E-state index in [0.717, 1.165) is 16.5 Å². The predicted octanol–water partition coefficient (Wildman–Crippen LogP) is 2.69. The molecule has 0 spiro atoms. The molecule has 3 rings (SSSR count). The summed E-state index contributed by atoms with van der Waals surface area (Å²) in [6, 6.07) is 5.39. The van der Waals surface area contributed by atoms with Crippen molar-refractivity contribution in [1.82, 2.24) is 4.90 Å². The van der Waals surface area contributed by atoms with Gasteiger partial charge in [-0.1, -0.05) is 0 Å². The maximum absolute atomic E-state index is 14.0. The van der Waals surface area contributed by atoms with Crippen molar-refractivity contribution in [3.8, 4) is 0 Å². The molecule has 2 aromatic rings. The number of nitrogens with zero attached hydrogens (tertiary/aromatic N) is 1. The molecule has 0 radical (unpaired) electrons. The maximum Gasteiger partial charge on any atom is 0.343 e. The molecule has 6 heteroatoms. The average Bonchev–Trinajstić information content (AvgIpc) is 3.03. The Morgan fingerprint density at radius 2 is 1.95 bits per heavy atom. The fourth-order valence-corrected chi connectivity index (χ4v) is 2.68. The van der Waals surface area contributed by atoms with Crippen molar-refractivity contribution in [2.24, 2.45) is 0 Å². The zero-order chi connectivity index (χ0) is 16.1. The number of hydrogen-bond acceptors (Lipinski definition) is 3. The van der Waals surface area contributed by atoms with E-state index in [1.165, 1.54) is 4.90 Å². The van der Waals surface area contributed by atoms with Crippen LogP contribution in [0.4, 0.5) is 4.39 Å². The lowest BCUT2D eigenvalue weighted by molar-refractivity contribution is -0.149. The third-order valence-electron chi connectivity index (χ3n) is 4.23. The van der Waals surface area contributed by atoms with Crippen LogP contribution in [0.25, 0.3) is 11.0 Å². The number of carboxylic acids is 1. The van der Waals surface area contributed by atoms with Crippen LogP contribution in [0.1, 0.15) is 28.1 Å². The highest BCUT2D eigenvalue weighted by Crippen LogP contribution is 2.29. The second-order valence-electron chi connectivity index (χ2n) is 5.83. The molecule has 5 nitrogen and oxygen atoms in total. The lowest BCUT2D eigenvalue weighted by Crippen LogP contribution is -2.38. The standard InChI is InChI=1S/C16H16FNO4/c1-9-5-11-7-13(22-12(11)6-10(9)2)14(19)18-4-3-16(17,8-18)15(20)21/h5-7H,3-4,8H2,1-2H3,(H,20,21). The van der Waals surface area contributed by atoms with E-state index in [1.54, 1.807) is 6.07 Å². The Labute approximate surface area is 126 Å². The lowest BCUT2D eigenvalue weighted by Gasteiger charge is -2.16. The number of furan rings is 1. The third kappa shape index (κ3) is 2.24. The zero-order valence-corrected chi connectivity index (χ0v) is 12.4. The number of hydrogen-bond donors (Lipinski definition) is 1. The quantitative estimate of drug-likeness (QED) is 0.926. The first-order chi connectivity index (χ1) is 10.3. The number of carbonyl (C=O) groups excluding carboxylic acids is 1. The number of aliphatic carboxylic acids is 1. The summed E-state index contributed by atoms with van der Waals surface area (Å²) in [5.41, 5.74) is 0.364. The number of halogens is 1. The van der Waals surface area contributed by atoms with Crippen LogP contribution in [0.5, 0.6) is 0 Å². The summed E-state index contributed by atoms with van der Waals surface area (Å²) >= 11 is 0. The highest BCUT2D eigenvalue weighted by atomic mass is 19.1. The van der Waals surface area contributed by atoms with E-state index in [0.29, 0.717) is 5.58 Å². The maximum atomic E-state index is 14.0. The van der Waals surface area contributed by atoms with Crippen LogP contribution in [0.15, 0.2) is 22.6 Å². The van der Waals surface area contributed by atoms with Gasteiger partial charge in [-0.15, -0.1) is 0 Å². The summed E-state index contributed by atoms with van der Waals surface area (Å²) in [7, 11) is 0. The van der Waals surface area contributed by atoms with E-state index in [9.17, 15) is 14.0 Å². The van der Waals surface area contributed by atoms with Crippen LogP contribution in [0.2, 0.25) is 0 Å². The Kier molecular flexibility index (Phi) is 3.20. The van der Waals surface area contributed by atoms with Gasteiger partial charge in [0.05, 0.1) is 6.54 Å². The normalized spacial score (nSPS) is 21.5. The van der Waals surface area contributed by atoms with Crippen LogP contribution in [0.3, 0.4) is 0 Å². The number of amides is 1. The smallest absolute Gasteiger partial charge is 0.343 e. The molecular weight excluding hydrogens is 289 g/mol. The number of alkyl halides is 1. The molecular formula is C16H16FNO4. The van der Waals surface area contributed by atoms with Crippen LogP contribution in [-0.2, 0) is 4.79 Å². The van der Waals surface area contributed by atoms with E-state index >= 15 is 0 Å². The Morgan fingerprint density at radius 3 is 2.59 bits per heavy atom. The molecule has 1 atom stereocenters. The molecule has 1 unspecified atom stereocenters. The second-order valence-corrected chi connectivity index (χ2v) is 5.83. The summed E-state index contributed by atoms with van der Waals surface area (Å²) in [5.74, 6) is -1.90. The molecule has 1 amide bonds. The van der Waals surface area contributed by atoms with Crippen molar-refractivity contribution < 1.29 is 23.5 Å². The summed E-state index contributed by atoms with van der Waals surface area (Å²) in [6.07, 6.45) is -0.202. The lowest BCUT2D eigenvalue weighted by atomic mass is 10.1. The first-order valence-corrected chi connectivity index (χ1v) is 7.02. The Balaban J connectivity index is 1.89. The number of fused-ring (bicyclic) bond motifs is 1. The fraction of sp³-hybridized carbons (Fsp3) is 0.375. The first kappa shape index (κ1) is 14.6. The molecule has 1 saturated heterocycles. The Morgan fingerprint density at radius 1 is 1.27 bits per heavy atom. The molecule has 1 aliphatic rings. The number of carbonyl (C=O) groups is 2. The monoisotopic (exact) mass is 305 g/mol. The van der Waals surface area contributed by atoms with Crippen LogP contribution in [0, 0.1) is 13.8 Å². The minimum Gasteiger partial charge on any atom is -0.479 e. The number of benzene rings is 1. The molecule has 116 valence electrons. The molecule has 0 bridgehead atoms. The van der Waals surface area contributed by atoms with Gasteiger partial charge in [-0.3, -0.25) is 4.79 Å². The van der Waals surface area contributed by atoms with Gasteiger partial charge in [-0.25, -0.2) is 9.18 Å². The molecule has 1 fully saturated rings. The van der Waals surface area contributed by atoms with Crippen molar-refractivity contribution in [3.05, 3.63) is 35.1 Å². The molecule has 2 heterocycles. The van der Waals surface area contributed by atoms with Gasteiger partial charge in [0.2, 0.25) is 5.67 Å². The van der Waals surface area contributed by atoms with Gasteiger partial charge in [-0.05, 0) is 43.2 Å². The van der Waals surface area contributed by atoms with Gasteiger partial charge < -0.3 is 14.4 Å². The van der Waals surface area contributed by atoms with Crippen LogP contribution >= 0.6 is 0 Å². The number of rotatable bonds is 2. The Bertz CT molecular complexity index is 743. The largest absolute Gasteiger partial charge is 0.479 e. The molecule has 1 aromatic carbocycles. The van der Waals surface area contributed by atoms with Crippen molar-refractivity contribution in [2.45, 2.75) is 25.9 Å². The Hall–Kier alpha value is -2.37. The minimum absolute atomic E-state index is 0.0662. The van der Waals surface area contributed by atoms with Gasteiger partial charge in [0, 0.05) is 18.4 Å². The number of likely N-dealkylation sites (tertiary alicyclic amines) is 1.